The van der Waals surface area contributed by atoms with E-state index in [-0.39, 0.29) is 11.6 Å². The Morgan fingerprint density at radius 1 is 1.33 bits per heavy atom. The van der Waals surface area contributed by atoms with Gasteiger partial charge in [-0.15, -0.1) is 22.7 Å². The van der Waals surface area contributed by atoms with Crippen molar-refractivity contribution >= 4 is 28.6 Å². The van der Waals surface area contributed by atoms with Crippen molar-refractivity contribution in [1.82, 2.24) is 4.98 Å². The molecule has 2 aromatic heterocycles. The topological polar surface area (TPSA) is 50.2 Å². The lowest BCUT2D eigenvalue weighted by Gasteiger charge is -1.97. The van der Waals surface area contributed by atoms with E-state index < -0.39 is 5.97 Å². The molecule has 0 fully saturated rings. The number of aromatic nitrogens is 1. The summed E-state index contributed by atoms with van der Waals surface area (Å²) < 4.78 is 0. The largest absolute Gasteiger partial charge is 0.476 e. The van der Waals surface area contributed by atoms with E-state index in [0.717, 1.165) is 20.3 Å². The van der Waals surface area contributed by atoms with Gasteiger partial charge in [-0.1, -0.05) is 13.8 Å². The molecule has 0 aliphatic rings. The Bertz CT molecular complexity index is 596. The third-order valence-electron chi connectivity index (χ3n) is 2.63. The Labute approximate surface area is 114 Å². The highest BCUT2D eigenvalue weighted by Gasteiger charge is 2.22. The summed E-state index contributed by atoms with van der Waals surface area (Å²) in [6.07, 6.45) is 0. The lowest BCUT2D eigenvalue weighted by molar-refractivity contribution is 0.0692. The summed E-state index contributed by atoms with van der Waals surface area (Å²) in [4.78, 5) is 18.7. The molecule has 0 aliphatic carbocycles. The van der Waals surface area contributed by atoms with Crippen molar-refractivity contribution in [1.29, 1.82) is 0 Å². The van der Waals surface area contributed by atoms with Crippen molar-refractivity contribution < 1.29 is 9.90 Å². The first-order chi connectivity index (χ1) is 8.40. The van der Waals surface area contributed by atoms with Crippen molar-refractivity contribution in [3.8, 4) is 10.4 Å². The van der Waals surface area contributed by atoms with Crippen LogP contribution in [0.1, 0.15) is 45.0 Å². The van der Waals surface area contributed by atoms with Crippen molar-refractivity contribution in [3.05, 3.63) is 26.5 Å². The number of aromatic carboxylic acids is 1. The summed E-state index contributed by atoms with van der Waals surface area (Å²) >= 11 is 3.18. The van der Waals surface area contributed by atoms with Gasteiger partial charge in [0.2, 0.25) is 0 Å². The fourth-order valence-corrected chi connectivity index (χ4v) is 3.90. The highest BCUT2D eigenvalue weighted by molar-refractivity contribution is 7.16. The zero-order valence-electron chi connectivity index (χ0n) is 10.8. The molecule has 0 radical (unpaired) electrons. The smallest absolute Gasteiger partial charge is 0.356 e. The molecule has 0 unspecified atom stereocenters. The van der Waals surface area contributed by atoms with Crippen LogP contribution in [0, 0.1) is 13.8 Å². The SMILES string of the molecule is Cc1cc(-c2sc(C(C)C)nc2C(=O)O)c(C)s1. The second-order valence-electron chi connectivity index (χ2n) is 4.52. The standard InChI is InChI=1S/C13H15NO2S2/c1-6(2)12-14-10(13(15)16)11(18-12)9-5-7(3)17-8(9)4/h5-6H,1-4H3,(H,15,16). The summed E-state index contributed by atoms with van der Waals surface area (Å²) in [6, 6.07) is 2.05. The third kappa shape index (κ3) is 2.33. The van der Waals surface area contributed by atoms with E-state index in [0.29, 0.717) is 0 Å². The molecule has 0 aromatic carbocycles. The van der Waals surface area contributed by atoms with E-state index >= 15 is 0 Å². The molecule has 2 aromatic rings. The predicted octanol–water partition coefficient (Wildman–Crippen LogP) is 4.31. The lowest BCUT2D eigenvalue weighted by Crippen LogP contribution is -1.99. The first kappa shape index (κ1) is 13.2. The molecule has 5 heteroatoms. The Morgan fingerprint density at radius 3 is 2.44 bits per heavy atom. The van der Waals surface area contributed by atoms with Crippen LogP contribution in [0.25, 0.3) is 10.4 Å². The van der Waals surface area contributed by atoms with Crippen LogP contribution in [0.15, 0.2) is 6.07 Å². The highest BCUT2D eigenvalue weighted by Crippen LogP contribution is 2.38. The normalized spacial score (nSPS) is 11.2. The lowest BCUT2D eigenvalue weighted by atomic mass is 10.2. The maximum absolute atomic E-state index is 11.3. The molecule has 18 heavy (non-hydrogen) atoms. The highest BCUT2D eigenvalue weighted by atomic mass is 32.1. The van der Waals surface area contributed by atoms with Crippen LogP contribution >= 0.6 is 22.7 Å². The van der Waals surface area contributed by atoms with Crippen LogP contribution in [0.5, 0.6) is 0 Å². The zero-order valence-corrected chi connectivity index (χ0v) is 12.4. The van der Waals surface area contributed by atoms with Gasteiger partial charge >= 0.3 is 5.97 Å². The van der Waals surface area contributed by atoms with Crippen LogP contribution in [-0.4, -0.2) is 16.1 Å². The minimum atomic E-state index is -0.948. The average Bonchev–Trinajstić information content (AvgIpc) is 2.81. The van der Waals surface area contributed by atoms with Crippen LogP contribution in [0.2, 0.25) is 0 Å². The summed E-state index contributed by atoms with van der Waals surface area (Å²) in [7, 11) is 0. The molecule has 1 N–H and O–H groups in total. The maximum Gasteiger partial charge on any atom is 0.356 e. The molecule has 2 heterocycles. The van der Waals surface area contributed by atoms with Gasteiger partial charge in [0.05, 0.1) is 9.88 Å². The van der Waals surface area contributed by atoms with Crippen LogP contribution in [0.3, 0.4) is 0 Å². The first-order valence-electron chi connectivity index (χ1n) is 5.71. The molecule has 0 atom stereocenters. The molecule has 0 aliphatic heterocycles. The van der Waals surface area contributed by atoms with E-state index in [1.54, 1.807) is 11.3 Å². The van der Waals surface area contributed by atoms with Gasteiger partial charge in [0.15, 0.2) is 5.69 Å². The number of aryl methyl sites for hydroxylation is 2. The summed E-state index contributed by atoms with van der Waals surface area (Å²) in [5, 5.41) is 10.1. The monoisotopic (exact) mass is 281 g/mol. The van der Waals surface area contributed by atoms with Gasteiger partial charge in [0, 0.05) is 21.2 Å². The van der Waals surface area contributed by atoms with Crippen LogP contribution in [0.4, 0.5) is 0 Å². The Hall–Kier alpha value is -1.20. The quantitative estimate of drug-likeness (QED) is 0.912. The van der Waals surface area contributed by atoms with Gasteiger partial charge in [-0.3, -0.25) is 0 Å². The Morgan fingerprint density at radius 2 is 2.00 bits per heavy atom. The number of carboxylic acid groups (broad SMARTS) is 1. The van der Waals surface area contributed by atoms with E-state index in [9.17, 15) is 9.90 Å². The molecular formula is C13H15NO2S2. The van der Waals surface area contributed by atoms with E-state index in [2.05, 4.69) is 4.98 Å². The number of thiazole rings is 1. The number of hydrogen-bond acceptors (Lipinski definition) is 4. The minimum absolute atomic E-state index is 0.185. The molecule has 3 nitrogen and oxygen atoms in total. The molecule has 96 valence electrons. The van der Waals surface area contributed by atoms with Gasteiger partial charge in [0.1, 0.15) is 0 Å². The second-order valence-corrected chi connectivity index (χ2v) is 7.01. The van der Waals surface area contributed by atoms with Crippen molar-refractivity contribution in [3.63, 3.8) is 0 Å². The van der Waals surface area contributed by atoms with E-state index in [1.807, 2.05) is 33.8 Å². The summed E-state index contributed by atoms with van der Waals surface area (Å²) in [6.45, 7) is 8.11. The second kappa shape index (κ2) is 4.82. The molecule has 0 saturated heterocycles. The third-order valence-corrected chi connectivity index (χ3v) is 4.98. The summed E-state index contributed by atoms with van der Waals surface area (Å²) in [5.74, 6) is -0.696. The molecule has 0 bridgehead atoms. The van der Waals surface area contributed by atoms with Gasteiger partial charge in [-0.2, -0.15) is 0 Å². The van der Waals surface area contributed by atoms with Gasteiger partial charge < -0.3 is 5.11 Å². The maximum atomic E-state index is 11.3. The zero-order chi connectivity index (χ0) is 13.4. The number of carbonyl (C=O) groups is 1. The van der Waals surface area contributed by atoms with E-state index in [4.69, 9.17) is 0 Å². The first-order valence-corrected chi connectivity index (χ1v) is 7.35. The molecular weight excluding hydrogens is 266 g/mol. The molecule has 0 saturated carbocycles. The summed E-state index contributed by atoms with van der Waals surface area (Å²) in [5.41, 5.74) is 1.20. The number of thiophene rings is 1. The van der Waals surface area contributed by atoms with Crippen molar-refractivity contribution in [2.45, 2.75) is 33.6 Å². The Kier molecular flexibility index (Phi) is 3.54. The van der Waals surface area contributed by atoms with E-state index in [1.165, 1.54) is 16.2 Å². The number of carboxylic acids is 1. The van der Waals surface area contributed by atoms with Gasteiger partial charge in [0.25, 0.3) is 0 Å². The number of hydrogen-bond donors (Lipinski definition) is 1. The molecule has 2 rings (SSSR count). The Balaban J connectivity index is 2.62. The average molecular weight is 281 g/mol. The minimum Gasteiger partial charge on any atom is -0.476 e. The fourth-order valence-electron chi connectivity index (χ4n) is 1.77. The van der Waals surface area contributed by atoms with Crippen LogP contribution < -0.4 is 0 Å². The number of nitrogens with zero attached hydrogens (tertiary/aromatic N) is 1. The number of rotatable bonds is 3. The fraction of sp³-hybridized carbons (Fsp3) is 0.385. The van der Waals surface area contributed by atoms with Gasteiger partial charge in [-0.05, 0) is 19.9 Å². The molecule has 0 spiro atoms. The molecule has 0 amide bonds. The predicted molar refractivity (Wildman–Crippen MR) is 75.9 cm³/mol. The van der Waals surface area contributed by atoms with Crippen molar-refractivity contribution in [2.24, 2.45) is 0 Å². The van der Waals surface area contributed by atoms with Crippen molar-refractivity contribution in [2.75, 3.05) is 0 Å². The van der Waals surface area contributed by atoms with Gasteiger partial charge in [-0.25, -0.2) is 9.78 Å². The van der Waals surface area contributed by atoms with Crippen LogP contribution in [-0.2, 0) is 0 Å².